The molecule has 3 rings (SSSR count). The maximum atomic E-state index is 11.8. The quantitative estimate of drug-likeness (QED) is 0.445. The first kappa shape index (κ1) is 29.7. The number of aliphatic carboxylic acids is 1. The average molecular weight is 517 g/mol. The highest BCUT2D eigenvalue weighted by molar-refractivity contribution is 5.70. The number of aliphatic hydroxyl groups is 2. The number of carboxylic acid groups (broad SMARTS) is 1. The SMILES string of the molecule is CC[C@@H](O)[C@]1(C)O[C@H]([C@H](C)C[C@@](C)(O)[C@@H]2OC(C)(C)O[C@H]([C@@H](C)C(=O)O)[C@@H]2C)[C@]2(C)OC(C)(C)O[C@H]12. The Morgan fingerprint density at radius 3 is 2.11 bits per heavy atom. The molecule has 3 fully saturated rings. The molecule has 0 aromatic heterocycles. The summed E-state index contributed by atoms with van der Waals surface area (Å²) in [6.45, 7) is 20.1. The molecule has 0 aliphatic carbocycles. The van der Waals surface area contributed by atoms with E-state index in [0.717, 1.165) is 0 Å². The molecule has 11 atom stereocenters. The van der Waals surface area contributed by atoms with E-state index in [1.807, 2.05) is 48.5 Å². The van der Waals surface area contributed by atoms with Crippen LogP contribution in [0.5, 0.6) is 0 Å². The minimum atomic E-state index is -1.33. The van der Waals surface area contributed by atoms with Gasteiger partial charge in [-0.2, -0.15) is 0 Å². The van der Waals surface area contributed by atoms with Gasteiger partial charge in [0.15, 0.2) is 11.6 Å². The molecular formula is C27H48O9. The van der Waals surface area contributed by atoms with E-state index in [0.29, 0.717) is 12.8 Å². The van der Waals surface area contributed by atoms with Crippen molar-refractivity contribution in [3.8, 4) is 0 Å². The third-order valence-corrected chi connectivity index (χ3v) is 8.48. The number of carbonyl (C=O) groups is 1. The van der Waals surface area contributed by atoms with E-state index in [1.54, 1.807) is 27.7 Å². The van der Waals surface area contributed by atoms with Gasteiger partial charge in [-0.25, -0.2) is 0 Å². The van der Waals surface area contributed by atoms with Crippen molar-refractivity contribution in [2.45, 2.75) is 148 Å². The molecule has 0 radical (unpaired) electrons. The Bertz CT molecular complexity index is 826. The van der Waals surface area contributed by atoms with Gasteiger partial charge in [-0.1, -0.05) is 20.8 Å². The Labute approximate surface area is 215 Å². The van der Waals surface area contributed by atoms with Crippen molar-refractivity contribution < 1.29 is 43.8 Å². The highest BCUT2D eigenvalue weighted by Crippen LogP contribution is 2.55. The lowest BCUT2D eigenvalue weighted by Gasteiger charge is -2.51. The van der Waals surface area contributed by atoms with Crippen molar-refractivity contribution in [1.82, 2.24) is 0 Å². The number of aliphatic hydroxyl groups excluding tert-OH is 1. The summed E-state index contributed by atoms with van der Waals surface area (Å²) in [6, 6.07) is 0. The normalized spacial score (nSPS) is 43.9. The predicted molar refractivity (Wildman–Crippen MR) is 132 cm³/mol. The van der Waals surface area contributed by atoms with Crippen LogP contribution in [0.25, 0.3) is 0 Å². The number of rotatable bonds is 8. The molecule has 210 valence electrons. The van der Waals surface area contributed by atoms with E-state index in [1.165, 1.54) is 0 Å². The molecule has 3 aliphatic rings. The predicted octanol–water partition coefficient (Wildman–Crippen LogP) is 3.48. The Kier molecular flexibility index (Phi) is 7.79. The van der Waals surface area contributed by atoms with Crippen molar-refractivity contribution in [2.24, 2.45) is 17.8 Å². The minimum Gasteiger partial charge on any atom is -0.481 e. The van der Waals surface area contributed by atoms with E-state index < -0.39 is 70.8 Å². The van der Waals surface area contributed by atoms with Gasteiger partial charge >= 0.3 is 5.97 Å². The Morgan fingerprint density at radius 2 is 1.58 bits per heavy atom. The molecular weight excluding hydrogens is 468 g/mol. The van der Waals surface area contributed by atoms with Crippen molar-refractivity contribution in [3.63, 3.8) is 0 Å². The van der Waals surface area contributed by atoms with E-state index >= 15 is 0 Å². The van der Waals surface area contributed by atoms with Gasteiger partial charge in [-0.15, -0.1) is 0 Å². The molecule has 3 aliphatic heterocycles. The molecule has 0 saturated carbocycles. The third-order valence-electron chi connectivity index (χ3n) is 8.48. The molecule has 3 saturated heterocycles. The van der Waals surface area contributed by atoms with Crippen molar-refractivity contribution in [2.75, 3.05) is 0 Å². The number of ether oxygens (including phenoxy) is 5. The van der Waals surface area contributed by atoms with E-state index in [-0.39, 0.29) is 11.8 Å². The first-order chi connectivity index (χ1) is 16.2. The zero-order valence-corrected chi connectivity index (χ0v) is 23.8. The lowest BCUT2D eigenvalue weighted by Crippen LogP contribution is -2.61. The molecule has 0 aromatic rings. The fourth-order valence-corrected chi connectivity index (χ4v) is 7.01. The molecule has 0 bridgehead atoms. The van der Waals surface area contributed by atoms with Gasteiger partial charge in [-0.3, -0.25) is 4.79 Å². The molecule has 0 aromatic carbocycles. The lowest BCUT2D eigenvalue weighted by atomic mass is 9.74. The molecule has 9 nitrogen and oxygen atoms in total. The fraction of sp³-hybridized carbons (Fsp3) is 0.963. The second-order valence-electron chi connectivity index (χ2n) is 12.9. The van der Waals surface area contributed by atoms with Gasteiger partial charge in [-0.05, 0) is 74.1 Å². The zero-order chi connectivity index (χ0) is 27.6. The summed E-state index contributed by atoms with van der Waals surface area (Å²) in [5, 5.41) is 32.4. The van der Waals surface area contributed by atoms with Gasteiger partial charge in [0.25, 0.3) is 0 Å². The van der Waals surface area contributed by atoms with Crippen molar-refractivity contribution >= 4 is 5.97 Å². The Hall–Kier alpha value is -0.810. The summed E-state index contributed by atoms with van der Waals surface area (Å²) in [7, 11) is 0. The highest BCUT2D eigenvalue weighted by Gasteiger charge is 2.70. The van der Waals surface area contributed by atoms with Crippen LogP contribution in [0.4, 0.5) is 0 Å². The zero-order valence-electron chi connectivity index (χ0n) is 23.8. The van der Waals surface area contributed by atoms with E-state index in [2.05, 4.69) is 0 Å². The maximum absolute atomic E-state index is 11.8. The van der Waals surface area contributed by atoms with Gasteiger partial charge in [0, 0.05) is 5.92 Å². The smallest absolute Gasteiger partial charge is 0.308 e. The van der Waals surface area contributed by atoms with Crippen LogP contribution in [0.1, 0.15) is 89.0 Å². The minimum absolute atomic E-state index is 0.215. The monoisotopic (exact) mass is 516 g/mol. The van der Waals surface area contributed by atoms with E-state index in [9.17, 15) is 20.1 Å². The second-order valence-corrected chi connectivity index (χ2v) is 12.9. The summed E-state index contributed by atoms with van der Waals surface area (Å²) in [6.07, 6.45) is -2.24. The Balaban J connectivity index is 1.89. The van der Waals surface area contributed by atoms with Crippen LogP contribution >= 0.6 is 0 Å². The molecule has 3 heterocycles. The van der Waals surface area contributed by atoms with Crippen LogP contribution in [-0.4, -0.2) is 80.2 Å². The van der Waals surface area contributed by atoms with Crippen LogP contribution in [0.15, 0.2) is 0 Å². The average Bonchev–Trinajstić information content (AvgIpc) is 3.12. The van der Waals surface area contributed by atoms with Crippen LogP contribution in [0, 0.1) is 17.8 Å². The maximum Gasteiger partial charge on any atom is 0.308 e. The molecule has 0 spiro atoms. The van der Waals surface area contributed by atoms with Gasteiger partial charge in [0.05, 0.1) is 35.9 Å². The van der Waals surface area contributed by atoms with Crippen LogP contribution in [0.2, 0.25) is 0 Å². The standard InChI is InChI=1S/C27H48O9/c1-12-17(28)26(10)22-27(11,36-24(7,8)35-22)19(34-26)14(2)13-25(9,31)20-15(3)18(16(4)21(29)30)32-23(5,6)33-20/h14-20,22,28,31H,12-13H2,1-11H3,(H,29,30)/t14-,15+,16-,17-,18+,19-,20-,22-,25-,26+,27+/m1/s1. The largest absolute Gasteiger partial charge is 0.481 e. The molecule has 9 heteroatoms. The Morgan fingerprint density at radius 1 is 1.00 bits per heavy atom. The summed E-state index contributed by atoms with van der Waals surface area (Å²) in [4.78, 5) is 11.8. The van der Waals surface area contributed by atoms with Crippen molar-refractivity contribution in [3.05, 3.63) is 0 Å². The topological polar surface area (TPSA) is 124 Å². The molecule has 0 unspecified atom stereocenters. The number of hydrogen-bond donors (Lipinski definition) is 3. The molecule has 3 N–H and O–H groups in total. The highest BCUT2D eigenvalue weighted by atomic mass is 16.8. The van der Waals surface area contributed by atoms with E-state index in [4.69, 9.17) is 23.7 Å². The van der Waals surface area contributed by atoms with Gasteiger partial charge in [0.1, 0.15) is 17.3 Å². The van der Waals surface area contributed by atoms with Gasteiger partial charge in [0.2, 0.25) is 0 Å². The first-order valence-corrected chi connectivity index (χ1v) is 13.3. The summed E-state index contributed by atoms with van der Waals surface area (Å²) < 4.78 is 31.5. The summed E-state index contributed by atoms with van der Waals surface area (Å²) >= 11 is 0. The second kappa shape index (κ2) is 9.43. The van der Waals surface area contributed by atoms with Gasteiger partial charge < -0.3 is 39.0 Å². The number of hydrogen-bond acceptors (Lipinski definition) is 8. The molecule has 0 amide bonds. The molecule has 36 heavy (non-hydrogen) atoms. The summed E-state index contributed by atoms with van der Waals surface area (Å²) in [5.74, 6) is -4.22. The number of fused-ring (bicyclic) bond motifs is 1. The van der Waals surface area contributed by atoms with Crippen LogP contribution < -0.4 is 0 Å². The van der Waals surface area contributed by atoms with Crippen molar-refractivity contribution in [1.29, 1.82) is 0 Å². The third kappa shape index (κ3) is 5.09. The fourth-order valence-electron chi connectivity index (χ4n) is 7.01. The first-order valence-electron chi connectivity index (χ1n) is 13.3. The summed E-state index contributed by atoms with van der Waals surface area (Å²) in [5.41, 5.74) is -3.15. The van der Waals surface area contributed by atoms with Crippen LogP contribution in [0.3, 0.4) is 0 Å². The number of carboxylic acids is 1. The van der Waals surface area contributed by atoms with Crippen LogP contribution in [-0.2, 0) is 28.5 Å². The lowest BCUT2D eigenvalue weighted by molar-refractivity contribution is -0.351.